The number of hydrogen-bond acceptors (Lipinski definition) is 5. The molecule has 2 aromatic rings. The number of nitrogens with one attached hydrogen (secondary N) is 1. The van der Waals surface area contributed by atoms with Gasteiger partial charge in [-0.05, 0) is 31.5 Å². The molecule has 0 amide bonds. The van der Waals surface area contributed by atoms with Gasteiger partial charge in [0.05, 0.1) is 18.1 Å². The summed E-state index contributed by atoms with van der Waals surface area (Å²) >= 11 is 0. The molecule has 3 rings (SSSR count). The summed E-state index contributed by atoms with van der Waals surface area (Å²) in [5.74, 6) is 1.41. The van der Waals surface area contributed by atoms with Gasteiger partial charge in [-0.3, -0.25) is 0 Å². The van der Waals surface area contributed by atoms with Crippen LogP contribution < -0.4 is 15.0 Å². The Morgan fingerprint density at radius 3 is 2.65 bits per heavy atom. The number of para-hydroxylation sites is 2. The number of hydrogen-bond donors (Lipinski definition) is 1. The van der Waals surface area contributed by atoms with E-state index in [1.54, 1.807) is 7.11 Å². The van der Waals surface area contributed by atoms with Crippen LogP contribution in [-0.4, -0.2) is 43.3 Å². The first kappa shape index (κ1) is 13.1. The molecule has 1 N–H and O–H groups in total. The summed E-state index contributed by atoms with van der Waals surface area (Å²) in [4.78, 5) is 11.5. The van der Waals surface area contributed by atoms with Crippen molar-refractivity contribution in [3.63, 3.8) is 0 Å². The lowest BCUT2D eigenvalue weighted by Gasteiger charge is -2.32. The number of nitrogens with zero attached hydrogens (tertiary/aromatic N) is 3. The zero-order valence-electron chi connectivity index (χ0n) is 12.0. The number of benzene rings is 1. The van der Waals surface area contributed by atoms with Crippen molar-refractivity contribution in [2.75, 3.05) is 32.1 Å². The normalized spacial score (nSPS) is 19.0. The molecule has 1 aromatic carbocycles. The lowest BCUT2D eigenvalue weighted by Crippen LogP contribution is -2.44. The minimum atomic E-state index is 0.438. The maximum Gasteiger partial charge on any atom is 0.257 e. The molecular weight excluding hydrogens is 252 g/mol. The summed E-state index contributed by atoms with van der Waals surface area (Å²) in [6.45, 7) is 2.08. The average Bonchev–Trinajstić information content (AvgIpc) is 2.53. The zero-order valence-corrected chi connectivity index (χ0v) is 12.0. The Labute approximate surface area is 119 Å². The first-order chi connectivity index (χ1) is 9.79. The summed E-state index contributed by atoms with van der Waals surface area (Å²) in [5.41, 5.74) is 1.77. The van der Waals surface area contributed by atoms with Crippen LogP contribution in [0.3, 0.4) is 0 Å². The van der Waals surface area contributed by atoms with E-state index in [4.69, 9.17) is 9.72 Å². The number of anilines is 1. The van der Waals surface area contributed by atoms with Gasteiger partial charge in [-0.15, -0.1) is 0 Å². The second-order valence-corrected chi connectivity index (χ2v) is 5.16. The molecule has 1 saturated heterocycles. The molecule has 2 heterocycles. The van der Waals surface area contributed by atoms with E-state index in [9.17, 15) is 0 Å². The maximum atomic E-state index is 5.43. The molecule has 106 valence electrons. The fourth-order valence-electron chi connectivity index (χ4n) is 2.68. The number of likely N-dealkylation sites (N-methyl/N-ethyl adjacent to an activating group) is 1. The van der Waals surface area contributed by atoms with Gasteiger partial charge in [0.15, 0.2) is 5.82 Å². The fraction of sp³-hybridized carbons (Fsp3) is 0.467. The van der Waals surface area contributed by atoms with Crippen LogP contribution in [0.5, 0.6) is 5.88 Å². The van der Waals surface area contributed by atoms with Crippen molar-refractivity contribution >= 4 is 16.9 Å². The molecule has 1 unspecified atom stereocenters. The SMILES string of the molecule is COc1nc2ccccc2nc1N(C)C1CCCNC1. The largest absolute Gasteiger partial charge is 0.478 e. The van der Waals surface area contributed by atoms with E-state index in [0.717, 1.165) is 29.9 Å². The molecule has 0 bridgehead atoms. The molecule has 5 nitrogen and oxygen atoms in total. The highest BCUT2D eigenvalue weighted by molar-refractivity contribution is 5.77. The summed E-state index contributed by atoms with van der Waals surface area (Å²) in [6.07, 6.45) is 2.36. The lowest BCUT2D eigenvalue weighted by atomic mass is 10.1. The predicted molar refractivity (Wildman–Crippen MR) is 80.4 cm³/mol. The Morgan fingerprint density at radius 2 is 2.00 bits per heavy atom. The third-order valence-corrected chi connectivity index (χ3v) is 3.87. The third kappa shape index (κ3) is 2.41. The highest BCUT2D eigenvalue weighted by Crippen LogP contribution is 2.28. The second-order valence-electron chi connectivity index (χ2n) is 5.16. The van der Waals surface area contributed by atoms with Gasteiger partial charge in [-0.25, -0.2) is 9.97 Å². The van der Waals surface area contributed by atoms with Gasteiger partial charge in [-0.1, -0.05) is 12.1 Å². The number of aromatic nitrogens is 2. The van der Waals surface area contributed by atoms with Crippen LogP contribution >= 0.6 is 0 Å². The molecule has 20 heavy (non-hydrogen) atoms. The monoisotopic (exact) mass is 272 g/mol. The summed E-state index contributed by atoms with van der Waals surface area (Å²) in [6, 6.07) is 8.32. The molecule has 0 aliphatic carbocycles. The molecule has 0 saturated carbocycles. The summed E-state index contributed by atoms with van der Waals surface area (Å²) < 4.78 is 5.43. The van der Waals surface area contributed by atoms with Crippen molar-refractivity contribution in [2.24, 2.45) is 0 Å². The van der Waals surface area contributed by atoms with Crippen molar-refractivity contribution < 1.29 is 4.74 Å². The molecule has 1 aliphatic heterocycles. The average molecular weight is 272 g/mol. The molecule has 1 aromatic heterocycles. The first-order valence-corrected chi connectivity index (χ1v) is 7.04. The quantitative estimate of drug-likeness (QED) is 0.923. The van der Waals surface area contributed by atoms with Crippen LogP contribution in [0.1, 0.15) is 12.8 Å². The standard InChI is InChI=1S/C15H20N4O/c1-19(11-6-5-9-16-10-11)14-15(20-2)18-13-8-4-3-7-12(13)17-14/h3-4,7-8,11,16H,5-6,9-10H2,1-2H3. The number of piperidine rings is 1. The van der Waals surface area contributed by atoms with Gasteiger partial charge in [0.2, 0.25) is 0 Å². The van der Waals surface area contributed by atoms with E-state index in [1.807, 2.05) is 24.3 Å². The minimum absolute atomic E-state index is 0.438. The smallest absolute Gasteiger partial charge is 0.257 e. The Kier molecular flexibility index (Phi) is 3.69. The van der Waals surface area contributed by atoms with Gasteiger partial charge >= 0.3 is 0 Å². The van der Waals surface area contributed by atoms with E-state index in [0.29, 0.717) is 11.9 Å². The van der Waals surface area contributed by atoms with Crippen molar-refractivity contribution in [3.8, 4) is 5.88 Å². The second kappa shape index (κ2) is 5.63. The van der Waals surface area contributed by atoms with Gasteiger partial charge in [-0.2, -0.15) is 0 Å². The number of ether oxygens (including phenoxy) is 1. The van der Waals surface area contributed by atoms with Crippen LogP contribution in [0.2, 0.25) is 0 Å². The zero-order chi connectivity index (χ0) is 13.9. The maximum absolute atomic E-state index is 5.43. The first-order valence-electron chi connectivity index (χ1n) is 7.04. The number of methoxy groups -OCH3 is 1. The van der Waals surface area contributed by atoms with Gasteiger partial charge < -0.3 is 15.0 Å². The molecule has 0 radical (unpaired) electrons. The fourth-order valence-corrected chi connectivity index (χ4v) is 2.68. The Hall–Kier alpha value is -1.88. The summed E-state index contributed by atoms with van der Waals surface area (Å²) in [7, 11) is 3.72. The van der Waals surface area contributed by atoms with E-state index in [1.165, 1.54) is 12.8 Å². The van der Waals surface area contributed by atoms with Crippen LogP contribution in [0.15, 0.2) is 24.3 Å². The molecule has 1 atom stereocenters. The van der Waals surface area contributed by atoms with Crippen molar-refractivity contribution in [1.29, 1.82) is 0 Å². The Morgan fingerprint density at radius 1 is 1.25 bits per heavy atom. The Balaban J connectivity index is 1.99. The van der Waals surface area contributed by atoms with E-state index >= 15 is 0 Å². The van der Waals surface area contributed by atoms with Crippen LogP contribution in [0.4, 0.5) is 5.82 Å². The number of rotatable bonds is 3. The van der Waals surface area contributed by atoms with Gasteiger partial charge in [0.25, 0.3) is 5.88 Å². The van der Waals surface area contributed by atoms with Crippen LogP contribution in [-0.2, 0) is 0 Å². The molecule has 1 fully saturated rings. The summed E-state index contributed by atoms with van der Waals surface area (Å²) in [5, 5.41) is 3.43. The lowest BCUT2D eigenvalue weighted by molar-refractivity contribution is 0.390. The van der Waals surface area contributed by atoms with Gasteiger partial charge in [0, 0.05) is 19.6 Å². The minimum Gasteiger partial charge on any atom is -0.478 e. The molecule has 1 aliphatic rings. The topological polar surface area (TPSA) is 50.3 Å². The predicted octanol–water partition coefficient (Wildman–Crippen LogP) is 1.83. The molecule has 5 heteroatoms. The van der Waals surface area contributed by atoms with Crippen LogP contribution in [0, 0.1) is 0 Å². The van der Waals surface area contributed by atoms with Crippen molar-refractivity contribution in [2.45, 2.75) is 18.9 Å². The highest BCUT2D eigenvalue weighted by Gasteiger charge is 2.22. The van der Waals surface area contributed by atoms with Crippen molar-refractivity contribution in [3.05, 3.63) is 24.3 Å². The van der Waals surface area contributed by atoms with E-state index in [-0.39, 0.29) is 0 Å². The Bertz CT molecular complexity index is 595. The van der Waals surface area contributed by atoms with Crippen molar-refractivity contribution in [1.82, 2.24) is 15.3 Å². The van der Waals surface area contributed by atoms with E-state index in [2.05, 4.69) is 22.2 Å². The molecular formula is C15H20N4O. The third-order valence-electron chi connectivity index (χ3n) is 3.87. The number of fused-ring (bicyclic) bond motifs is 1. The van der Waals surface area contributed by atoms with E-state index < -0.39 is 0 Å². The van der Waals surface area contributed by atoms with Crippen LogP contribution in [0.25, 0.3) is 11.0 Å². The molecule has 0 spiro atoms. The highest BCUT2D eigenvalue weighted by atomic mass is 16.5. The van der Waals surface area contributed by atoms with Gasteiger partial charge in [0.1, 0.15) is 0 Å².